The van der Waals surface area contributed by atoms with Crippen LogP contribution in [0.25, 0.3) is 0 Å². The number of carbonyl (C=O) groups is 2. The van der Waals surface area contributed by atoms with E-state index in [9.17, 15) is 14.7 Å². The third-order valence-electron chi connectivity index (χ3n) is 3.55. The molecule has 2 rings (SSSR count). The van der Waals surface area contributed by atoms with Gasteiger partial charge < -0.3 is 19.9 Å². The van der Waals surface area contributed by atoms with Gasteiger partial charge in [-0.2, -0.15) is 0 Å². The summed E-state index contributed by atoms with van der Waals surface area (Å²) in [6.45, 7) is 1.90. The standard InChI is InChI=1S/C19H21NO5/c1-3-5-13-8-10-14(11-9-13)25-12-17(21)20-16-7-4-6-15(18(16)22)19(23)24-2/h4,6-11,22H,3,5,12H2,1-2H3,(H,20,21). The molecule has 1 amide bonds. The molecule has 0 saturated carbocycles. The van der Waals surface area contributed by atoms with Gasteiger partial charge >= 0.3 is 5.97 Å². The van der Waals surface area contributed by atoms with Crippen molar-refractivity contribution in [3.8, 4) is 11.5 Å². The number of anilines is 1. The molecule has 6 nitrogen and oxygen atoms in total. The van der Waals surface area contributed by atoms with Crippen molar-refractivity contribution in [3.63, 3.8) is 0 Å². The normalized spacial score (nSPS) is 10.2. The van der Waals surface area contributed by atoms with Gasteiger partial charge in [0.15, 0.2) is 12.4 Å². The highest BCUT2D eigenvalue weighted by molar-refractivity contribution is 5.98. The van der Waals surface area contributed by atoms with Gasteiger partial charge in [0, 0.05) is 0 Å². The lowest BCUT2D eigenvalue weighted by atomic mass is 10.1. The van der Waals surface area contributed by atoms with Crippen LogP contribution < -0.4 is 10.1 Å². The molecule has 6 heteroatoms. The predicted molar refractivity (Wildman–Crippen MR) is 94.0 cm³/mol. The molecule has 0 radical (unpaired) electrons. The topological polar surface area (TPSA) is 84.9 Å². The van der Waals surface area contributed by atoms with Gasteiger partial charge in [-0.3, -0.25) is 4.79 Å². The van der Waals surface area contributed by atoms with Gasteiger partial charge in [-0.25, -0.2) is 4.79 Å². The van der Waals surface area contributed by atoms with Crippen molar-refractivity contribution in [2.45, 2.75) is 19.8 Å². The number of aryl methyl sites for hydroxylation is 1. The highest BCUT2D eigenvalue weighted by Crippen LogP contribution is 2.27. The number of ether oxygens (including phenoxy) is 2. The molecule has 0 unspecified atom stereocenters. The summed E-state index contributed by atoms with van der Waals surface area (Å²) in [6, 6.07) is 12.0. The van der Waals surface area contributed by atoms with E-state index in [0.29, 0.717) is 5.75 Å². The van der Waals surface area contributed by atoms with Crippen molar-refractivity contribution in [1.82, 2.24) is 0 Å². The van der Waals surface area contributed by atoms with E-state index in [1.54, 1.807) is 0 Å². The quantitative estimate of drug-likeness (QED) is 0.596. The number of carbonyl (C=O) groups excluding carboxylic acids is 2. The molecule has 0 aliphatic rings. The van der Waals surface area contributed by atoms with Crippen LogP contribution in [0.15, 0.2) is 42.5 Å². The fourth-order valence-electron chi connectivity index (χ4n) is 2.30. The number of nitrogens with one attached hydrogen (secondary N) is 1. The maximum atomic E-state index is 12.0. The Morgan fingerprint density at radius 2 is 1.84 bits per heavy atom. The van der Waals surface area contributed by atoms with Crippen LogP contribution in [0.2, 0.25) is 0 Å². The first-order valence-corrected chi connectivity index (χ1v) is 7.97. The molecule has 0 saturated heterocycles. The van der Waals surface area contributed by atoms with Crippen LogP contribution >= 0.6 is 0 Å². The second kappa shape index (κ2) is 8.73. The summed E-state index contributed by atoms with van der Waals surface area (Å²) in [5.41, 5.74) is 1.31. The van der Waals surface area contributed by atoms with Crippen LogP contribution in [0.4, 0.5) is 5.69 Å². The second-order valence-electron chi connectivity index (χ2n) is 5.42. The average molecular weight is 343 g/mol. The molecule has 132 valence electrons. The van der Waals surface area contributed by atoms with E-state index in [4.69, 9.17) is 4.74 Å². The van der Waals surface area contributed by atoms with Crippen LogP contribution in [-0.4, -0.2) is 30.7 Å². The van der Waals surface area contributed by atoms with Gasteiger partial charge in [-0.1, -0.05) is 31.5 Å². The average Bonchev–Trinajstić information content (AvgIpc) is 2.62. The molecule has 0 aliphatic carbocycles. The van der Waals surface area contributed by atoms with Gasteiger partial charge in [-0.05, 0) is 36.2 Å². The van der Waals surface area contributed by atoms with Gasteiger partial charge in [0.2, 0.25) is 0 Å². The summed E-state index contributed by atoms with van der Waals surface area (Å²) in [5.74, 6) is -0.888. The van der Waals surface area contributed by atoms with Crippen molar-refractivity contribution in [1.29, 1.82) is 0 Å². The first kappa shape index (κ1) is 18.3. The molecule has 0 aliphatic heterocycles. The Morgan fingerprint density at radius 3 is 2.48 bits per heavy atom. The molecule has 0 spiro atoms. The third-order valence-corrected chi connectivity index (χ3v) is 3.55. The lowest BCUT2D eigenvalue weighted by Gasteiger charge is -2.11. The first-order valence-electron chi connectivity index (χ1n) is 7.97. The summed E-state index contributed by atoms with van der Waals surface area (Å²) < 4.78 is 10.00. The molecular weight excluding hydrogens is 322 g/mol. The van der Waals surface area contributed by atoms with Gasteiger partial charge in [0.05, 0.1) is 12.8 Å². The molecule has 0 fully saturated rings. The molecule has 2 N–H and O–H groups in total. The molecule has 25 heavy (non-hydrogen) atoms. The number of para-hydroxylation sites is 1. The van der Waals surface area contributed by atoms with Gasteiger partial charge in [0.1, 0.15) is 11.3 Å². The predicted octanol–water partition coefficient (Wildman–Crippen LogP) is 3.15. The zero-order chi connectivity index (χ0) is 18.2. The largest absolute Gasteiger partial charge is 0.505 e. The molecule has 2 aromatic carbocycles. The molecular formula is C19H21NO5. The van der Waals surface area contributed by atoms with Crippen molar-refractivity contribution >= 4 is 17.6 Å². The minimum absolute atomic E-state index is 0.0206. The number of aromatic hydroxyl groups is 1. The van der Waals surface area contributed by atoms with E-state index >= 15 is 0 Å². The zero-order valence-electron chi connectivity index (χ0n) is 14.2. The van der Waals surface area contributed by atoms with Crippen molar-refractivity contribution in [2.75, 3.05) is 19.0 Å². The van der Waals surface area contributed by atoms with Crippen molar-refractivity contribution in [3.05, 3.63) is 53.6 Å². The van der Waals surface area contributed by atoms with Crippen LogP contribution in [0, 0.1) is 0 Å². The van der Waals surface area contributed by atoms with E-state index in [1.165, 1.54) is 30.9 Å². The molecule has 0 atom stereocenters. The van der Waals surface area contributed by atoms with Gasteiger partial charge in [-0.15, -0.1) is 0 Å². The van der Waals surface area contributed by atoms with E-state index < -0.39 is 11.9 Å². The summed E-state index contributed by atoms with van der Waals surface area (Å²) in [4.78, 5) is 23.5. The Morgan fingerprint density at radius 1 is 1.12 bits per heavy atom. The zero-order valence-corrected chi connectivity index (χ0v) is 14.2. The van der Waals surface area contributed by atoms with Crippen molar-refractivity contribution in [2.24, 2.45) is 0 Å². The SMILES string of the molecule is CCCc1ccc(OCC(=O)Nc2cccc(C(=O)OC)c2O)cc1. The summed E-state index contributed by atoms with van der Waals surface area (Å²) >= 11 is 0. The lowest BCUT2D eigenvalue weighted by molar-refractivity contribution is -0.118. The van der Waals surface area contributed by atoms with E-state index in [-0.39, 0.29) is 23.6 Å². The molecule has 2 aromatic rings. The molecule has 0 heterocycles. The summed E-state index contributed by atoms with van der Waals surface area (Å²) in [5, 5.41) is 12.6. The number of phenols is 1. The summed E-state index contributed by atoms with van der Waals surface area (Å²) in [6.07, 6.45) is 2.06. The van der Waals surface area contributed by atoms with Crippen LogP contribution in [0.5, 0.6) is 11.5 Å². The fraction of sp³-hybridized carbons (Fsp3) is 0.263. The highest BCUT2D eigenvalue weighted by Gasteiger charge is 2.16. The number of hydrogen-bond donors (Lipinski definition) is 2. The molecule has 0 aromatic heterocycles. The smallest absolute Gasteiger partial charge is 0.341 e. The Labute approximate surface area is 146 Å². The molecule has 0 bridgehead atoms. The van der Waals surface area contributed by atoms with Crippen molar-refractivity contribution < 1.29 is 24.2 Å². The second-order valence-corrected chi connectivity index (χ2v) is 5.42. The highest BCUT2D eigenvalue weighted by atomic mass is 16.5. The Kier molecular flexibility index (Phi) is 6.39. The Balaban J connectivity index is 1.95. The Hall–Kier alpha value is -3.02. The Bertz CT molecular complexity index is 740. The number of amides is 1. The summed E-state index contributed by atoms with van der Waals surface area (Å²) in [7, 11) is 1.21. The number of methoxy groups -OCH3 is 1. The number of rotatable bonds is 7. The van der Waals surface area contributed by atoms with Crippen LogP contribution in [-0.2, 0) is 16.0 Å². The number of esters is 1. The van der Waals surface area contributed by atoms with Crippen LogP contribution in [0.1, 0.15) is 29.3 Å². The third kappa shape index (κ3) is 4.97. The van der Waals surface area contributed by atoms with Crippen LogP contribution in [0.3, 0.4) is 0 Å². The number of benzene rings is 2. The minimum Gasteiger partial charge on any atom is -0.505 e. The lowest BCUT2D eigenvalue weighted by Crippen LogP contribution is -2.20. The maximum absolute atomic E-state index is 12.0. The monoisotopic (exact) mass is 343 g/mol. The van der Waals surface area contributed by atoms with E-state index in [2.05, 4.69) is 17.0 Å². The van der Waals surface area contributed by atoms with Gasteiger partial charge in [0.25, 0.3) is 5.91 Å². The fourth-order valence-corrected chi connectivity index (χ4v) is 2.30. The number of hydrogen-bond acceptors (Lipinski definition) is 5. The minimum atomic E-state index is -0.683. The van der Waals surface area contributed by atoms with E-state index in [0.717, 1.165) is 12.8 Å². The first-order chi connectivity index (χ1) is 12.0. The van der Waals surface area contributed by atoms with E-state index in [1.807, 2.05) is 24.3 Å². The maximum Gasteiger partial charge on any atom is 0.341 e. The number of phenolic OH excluding ortho intramolecular Hbond substituents is 1.